The molecule has 3 rings (SSSR count). The lowest BCUT2D eigenvalue weighted by Crippen LogP contribution is -2.25. The molecular formula is C12H7BN2O2. The smallest absolute Gasteiger partial charge is 0.235 e. The van der Waals surface area contributed by atoms with Crippen molar-refractivity contribution in [2.24, 2.45) is 0 Å². The van der Waals surface area contributed by atoms with Crippen molar-refractivity contribution in [3.63, 3.8) is 0 Å². The Balaban J connectivity index is 2.41. The minimum Gasteiger partial charge on any atom is -0.285 e. The van der Waals surface area contributed by atoms with Gasteiger partial charge in [-0.05, 0) is 23.8 Å². The van der Waals surface area contributed by atoms with Crippen molar-refractivity contribution in [2.75, 3.05) is 0 Å². The minimum atomic E-state index is -0.508. The summed E-state index contributed by atoms with van der Waals surface area (Å²) in [5, 5.41) is 0. The summed E-state index contributed by atoms with van der Waals surface area (Å²) in [6, 6.07) is 6.60. The van der Waals surface area contributed by atoms with Gasteiger partial charge >= 0.3 is 0 Å². The molecule has 5 heteroatoms. The van der Waals surface area contributed by atoms with E-state index >= 15 is 0 Å². The standard InChI is InChI=1S/C12H7BN2O2/c13-8-4-3-7-10(15-8)9-6(2-1-5-14-9)11(16)12(7)17/h1-5H,13H2. The third-order valence-electron chi connectivity index (χ3n) is 2.76. The van der Waals surface area contributed by atoms with Crippen LogP contribution in [-0.2, 0) is 0 Å². The second-order valence-electron chi connectivity index (χ2n) is 3.91. The van der Waals surface area contributed by atoms with Gasteiger partial charge < -0.3 is 0 Å². The van der Waals surface area contributed by atoms with Gasteiger partial charge in [0.1, 0.15) is 5.69 Å². The Morgan fingerprint density at radius 1 is 0.941 bits per heavy atom. The van der Waals surface area contributed by atoms with Crippen molar-refractivity contribution in [1.29, 1.82) is 0 Å². The molecule has 80 valence electrons. The molecule has 0 aliphatic heterocycles. The maximum Gasteiger partial charge on any atom is 0.235 e. The first-order valence-corrected chi connectivity index (χ1v) is 5.20. The van der Waals surface area contributed by atoms with Crippen molar-refractivity contribution >= 4 is 25.0 Å². The maximum atomic E-state index is 11.9. The molecule has 1 aliphatic carbocycles. The van der Waals surface area contributed by atoms with Crippen molar-refractivity contribution < 1.29 is 9.59 Å². The fourth-order valence-electron chi connectivity index (χ4n) is 1.94. The van der Waals surface area contributed by atoms with Crippen molar-refractivity contribution in [3.8, 4) is 11.4 Å². The summed E-state index contributed by atoms with van der Waals surface area (Å²) in [7, 11) is 1.84. The van der Waals surface area contributed by atoms with Crippen LogP contribution in [0.2, 0.25) is 0 Å². The van der Waals surface area contributed by atoms with E-state index in [0.717, 1.165) is 5.59 Å². The Morgan fingerprint density at radius 2 is 1.65 bits per heavy atom. The zero-order chi connectivity index (χ0) is 12.0. The van der Waals surface area contributed by atoms with Gasteiger partial charge in [0.05, 0.1) is 16.8 Å². The molecule has 0 saturated carbocycles. The molecule has 2 aromatic heterocycles. The van der Waals surface area contributed by atoms with E-state index in [1.807, 2.05) is 7.85 Å². The number of ketones is 2. The number of pyridine rings is 2. The van der Waals surface area contributed by atoms with E-state index in [0.29, 0.717) is 22.5 Å². The fraction of sp³-hybridized carbons (Fsp3) is 0. The van der Waals surface area contributed by atoms with Crippen LogP contribution in [0.15, 0.2) is 30.5 Å². The number of Topliss-reactive ketones (excluding diaryl/α,β-unsaturated/α-hetero) is 2. The molecule has 0 radical (unpaired) electrons. The van der Waals surface area contributed by atoms with Gasteiger partial charge in [0.25, 0.3) is 0 Å². The quantitative estimate of drug-likeness (QED) is 0.456. The average Bonchev–Trinajstić information content (AvgIpc) is 2.36. The number of fused-ring (bicyclic) bond motifs is 3. The zero-order valence-corrected chi connectivity index (χ0v) is 9.10. The van der Waals surface area contributed by atoms with E-state index in [9.17, 15) is 9.59 Å². The average molecular weight is 222 g/mol. The molecule has 1 aliphatic rings. The predicted molar refractivity (Wildman–Crippen MR) is 64.3 cm³/mol. The van der Waals surface area contributed by atoms with Gasteiger partial charge in [-0.25, -0.2) is 0 Å². The van der Waals surface area contributed by atoms with Gasteiger partial charge in [-0.1, -0.05) is 6.07 Å². The molecule has 0 atom stereocenters. The SMILES string of the molecule is Bc1ccc2c(n1)-c1ncccc1C(=O)C2=O. The van der Waals surface area contributed by atoms with Crippen LogP contribution < -0.4 is 5.59 Å². The van der Waals surface area contributed by atoms with E-state index in [1.54, 1.807) is 30.5 Å². The van der Waals surface area contributed by atoms with Gasteiger partial charge in [0.15, 0.2) is 7.85 Å². The third kappa shape index (κ3) is 1.32. The van der Waals surface area contributed by atoms with Gasteiger partial charge in [-0.2, -0.15) is 0 Å². The molecule has 0 aromatic carbocycles. The van der Waals surface area contributed by atoms with Crippen LogP contribution in [0.1, 0.15) is 20.7 Å². The Hall–Kier alpha value is -2.30. The highest BCUT2D eigenvalue weighted by molar-refractivity contribution is 6.52. The fourth-order valence-corrected chi connectivity index (χ4v) is 1.94. The van der Waals surface area contributed by atoms with Gasteiger partial charge in [0, 0.05) is 6.20 Å². The van der Waals surface area contributed by atoms with Crippen LogP contribution in [-0.4, -0.2) is 29.4 Å². The number of hydrogen-bond acceptors (Lipinski definition) is 4. The molecule has 0 unspecified atom stereocenters. The first-order valence-electron chi connectivity index (χ1n) is 5.20. The van der Waals surface area contributed by atoms with E-state index < -0.39 is 11.6 Å². The van der Waals surface area contributed by atoms with Crippen LogP contribution in [0.25, 0.3) is 11.4 Å². The molecule has 2 heterocycles. The molecular weight excluding hydrogens is 215 g/mol. The number of carbonyl (C=O) groups excluding carboxylic acids is 2. The second kappa shape index (κ2) is 3.35. The Bertz CT molecular complexity index is 667. The van der Waals surface area contributed by atoms with Crippen molar-refractivity contribution in [2.45, 2.75) is 0 Å². The maximum absolute atomic E-state index is 11.9. The summed E-state index contributed by atoms with van der Waals surface area (Å²) in [6.07, 6.45) is 1.59. The highest BCUT2D eigenvalue weighted by atomic mass is 16.2. The Labute approximate surface area is 98.1 Å². The van der Waals surface area contributed by atoms with Crippen LogP contribution in [0.4, 0.5) is 0 Å². The predicted octanol–water partition coefficient (Wildman–Crippen LogP) is -0.219. The molecule has 0 bridgehead atoms. The lowest BCUT2D eigenvalue weighted by atomic mass is 9.89. The Morgan fingerprint density at radius 3 is 2.41 bits per heavy atom. The molecule has 0 saturated heterocycles. The van der Waals surface area contributed by atoms with Crippen LogP contribution in [0.3, 0.4) is 0 Å². The minimum absolute atomic E-state index is 0.336. The molecule has 0 amide bonds. The van der Waals surface area contributed by atoms with Crippen LogP contribution in [0, 0.1) is 0 Å². The van der Waals surface area contributed by atoms with E-state index in [-0.39, 0.29) is 0 Å². The van der Waals surface area contributed by atoms with Crippen molar-refractivity contribution in [3.05, 3.63) is 41.6 Å². The topological polar surface area (TPSA) is 59.9 Å². The summed E-state index contributed by atoms with van der Waals surface area (Å²) in [5.41, 5.74) is 2.47. The van der Waals surface area contributed by atoms with E-state index in [1.165, 1.54) is 0 Å². The lowest BCUT2D eigenvalue weighted by Gasteiger charge is -2.15. The number of nitrogens with zero attached hydrogens (tertiary/aromatic N) is 2. The Kier molecular flexibility index (Phi) is 1.95. The second-order valence-corrected chi connectivity index (χ2v) is 3.91. The van der Waals surface area contributed by atoms with Crippen LogP contribution >= 0.6 is 0 Å². The molecule has 0 N–H and O–H groups in total. The normalized spacial score (nSPS) is 13.2. The first kappa shape index (κ1) is 9.90. The highest BCUT2D eigenvalue weighted by Gasteiger charge is 2.31. The third-order valence-corrected chi connectivity index (χ3v) is 2.76. The summed E-state index contributed by atoms with van der Waals surface area (Å²) in [6.45, 7) is 0. The molecule has 0 fully saturated rings. The van der Waals surface area contributed by atoms with E-state index in [4.69, 9.17) is 0 Å². The molecule has 2 aromatic rings. The number of carbonyl (C=O) groups is 2. The number of aromatic nitrogens is 2. The molecule has 0 spiro atoms. The summed E-state index contributed by atoms with van der Waals surface area (Å²) in [4.78, 5) is 32.2. The number of rotatable bonds is 0. The lowest BCUT2D eigenvalue weighted by molar-refractivity contribution is 0.0814. The first-order chi connectivity index (χ1) is 8.18. The molecule has 17 heavy (non-hydrogen) atoms. The van der Waals surface area contributed by atoms with Gasteiger partial charge in [0.2, 0.25) is 11.6 Å². The summed E-state index contributed by atoms with van der Waals surface area (Å²) < 4.78 is 0. The summed E-state index contributed by atoms with van der Waals surface area (Å²) in [5.74, 6) is -1.01. The highest BCUT2D eigenvalue weighted by Crippen LogP contribution is 2.28. The molecule has 4 nitrogen and oxygen atoms in total. The summed E-state index contributed by atoms with van der Waals surface area (Å²) >= 11 is 0. The van der Waals surface area contributed by atoms with Gasteiger partial charge in [-0.3, -0.25) is 19.6 Å². The van der Waals surface area contributed by atoms with Crippen LogP contribution in [0.5, 0.6) is 0 Å². The monoisotopic (exact) mass is 222 g/mol. The van der Waals surface area contributed by atoms with Gasteiger partial charge in [-0.15, -0.1) is 0 Å². The number of hydrogen-bond donors (Lipinski definition) is 0. The zero-order valence-electron chi connectivity index (χ0n) is 9.10. The largest absolute Gasteiger partial charge is 0.285 e. The van der Waals surface area contributed by atoms with Crippen molar-refractivity contribution in [1.82, 2.24) is 9.97 Å². The van der Waals surface area contributed by atoms with E-state index in [2.05, 4.69) is 9.97 Å².